The molecule has 1 aliphatic rings. The average Bonchev–Trinajstić information content (AvgIpc) is 2.99. The molecule has 1 saturated heterocycles. The van der Waals surface area contributed by atoms with Crippen LogP contribution in [0.4, 0.5) is 0 Å². The molecular weight excluding hydrogens is 422 g/mol. The lowest BCUT2D eigenvalue weighted by Gasteiger charge is -2.34. The molecule has 0 spiro atoms. The molecule has 2 atom stereocenters. The lowest BCUT2D eigenvalue weighted by atomic mass is 10.2. The first-order valence-corrected chi connectivity index (χ1v) is 9.28. The quantitative estimate of drug-likeness (QED) is 0.708. The largest absolute Gasteiger partial charge is 0.490 e. The van der Waals surface area contributed by atoms with Gasteiger partial charge in [0.25, 0.3) is 0 Å². The number of nitrogens with zero attached hydrogens (tertiary/aromatic N) is 3. The van der Waals surface area contributed by atoms with Gasteiger partial charge in [0.05, 0.1) is 29.9 Å². The molecule has 1 aromatic carbocycles. The summed E-state index contributed by atoms with van der Waals surface area (Å²) in [7, 11) is 0. The molecule has 0 radical (unpaired) electrons. The molecule has 0 amide bonds. The van der Waals surface area contributed by atoms with E-state index in [0.717, 1.165) is 35.4 Å². The summed E-state index contributed by atoms with van der Waals surface area (Å²) < 4.78 is 14.3. The Morgan fingerprint density at radius 3 is 2.96 bits per heavy atom. The molecule has 0 bridgehead atoms. The Morgan fingerprint density at radius 1 is 1.42 bits per heavy atom. The first kappa shape index (κ1) is 21.2. The highest BCUT2D eigenvalue weighted by Crippen LogP contribution is 2.23. The first-order valence-electron chi connectivity index (χ1n) is 8.48. The summed E-state index contributed by atoms with van der Waals surface area (Å²) in [5.41, 5.74) is 1.15. The summed E-state index contributed by atoms with van der Waals surface area (Å²) >= 11 is 3.44. The fourth-order valence-corrected chi connectivity index (χ4v) is 3.33. The topological polar surface area (TPSA) is 59.8 Å². The number of aliphatic hydroxyl groups excluding tert-OH is 1. The van der Waals surface area contributed by atoms with Crippen molar-refractivity contribution >= 4 is 28.3 Å². The van der Waals surface area contributed by atoms with E-state index >= 15 is 0 Å². The monoisotopic (exact) mass is 445 g/mol. The van der Waals surface area contributed by atoms with Crippen molar-refractivity contribution in [1.82, 2.24) is 14.7 Å². The van der Waals surface area contributed by atoms with Gasteiger partial charge in [0.15, 0.2) is 0 Å². The summed E-state index contributed by atoms with van der Waals surface area (Å²) in [5, 5.41) is 14.6. The SMILES string of the molecule is Cc1cnn(CC2CN(CC(O)COc3ccccc3Br)CCO2)c1.Cl. The predicted octanol–water partition coefficient (Wildman–Crippen LogP) is 2.52. The third-order valence-electron chi connectivity index (χ3n) is 4.11. The number of aliphatic hydroxyl groups is 1. The van der Waals surface area contributed by atoms with Crippen LogP contribution in [0.3, 0.4) is 0 Å². The lowest BCUT2D eigenvalue weighted by molar-refractivity contribution is -0.0517. The Morgan fingerprint density at radius 2 is 2.23 bits per heavy atom. The van der Waals surface area contributed by atoms with Crippen LogP contribution in [-0.4, -0.2) is 64.8 Å². The molecule has 2 unspecified atom stereocenters. The van der Waals surface area contributed by atoms with E-state index in [-0.39, 0.29) is 25.1 Å². The van der Waals surface area contributed by atoms with Crippen LogP contribution in [0, 0.1) is 6.92 Å². The molecular formula is C18H25BrClN3O3. The maximum absolute atomic E-state index is 10.3. The van der Waals surface area contributed by atoms with Crippen LogP contribution in [0.1, 0.15) is 5.56 Å². The van der Waals surface area contributed by atoms with Crippen molar-refractivity contribution in [3.8, 4) is 5.75 Å². The Hall–Kier alpha value is -1.12. The van der Waals surface area contributed by atoms with Crippen LogP contribution in [-0.2, 0) is 11.3 Å². The van der Waals surface area contributed by atoms with Gasteiger partial charge in [0.2, 0.25) is 0 Å². The third-order valence-corrected chi connectivity index (χ3v) is 4.77. The van der Waals surface area contributed by atoms with Crippen molar-refractivity contribution in [2.45, 2.75) is 25.7 Å². The van der Waals surface area contributed by atoms with Crippen LogP contribution in [0.5, 0.6) is 5.75 Å². The van der Waals surface area contributed by atoms with Crippen LogP contribution in [0.2, 0.25) is 0 Å². The zero-order valence-electron chi connectivity index (χ0n) is 14.8. The van der Waals surface area contributed by atoms with Gasteiger partial charge in [-0.2, -0.15) is 5.10 Å². The van der Waals surface area contributed by atoms with Gasteiger partial charge in [-0.25, -0.2) is 0 Å². The average molecular weight is 447 g/mol. The van der Waals surface area contributed by atoms with Gasteiger partial charge >= 0.3 is 0 Å². The van der Waals surface area contributed by atoms with Gasteiger partial charge in [-0.1, -0.05) is 12.1 Å². The number of hydrogen-bond acceptors (Lipinski definition) is 5. The van der Waals surface area contributed by atoms with Gasteiger partial charge in [-0.3, -0.25) is 9.58 Å². The van der Waals surface area contributed by atoms with E-state index in [1.54, 1.807) is 0 Å². The second-order valence-electron chi connectivity index (χ2n) is 6.39. The van der Waals surface area contributed by atoms with E-state index in [4.69, 9.17) is 9.47 Å². The van der Waals surface area contributed by atoms with Crippen molar-refractivity contribution < 1.29 is 14.6 Å². The minimum atomic E-state index is -0.544. The van der Waals surface area contributed by atoms with Gasteiger partial charge in [0, 0.05) is 25.8 Å². The van der Waals surface area contributed by atoms with Crippen LogP contribution >= 0.6 is 28.3 Å². The van der Waals surface area contributed by atoms with Crippen LogP contribution in [0.15, 0.2) is 41.1 Å². The molecule has 6 nitrogen and oxygen atoms in total. The van der Waals surface area contributed by atoms with Crippen molar-refractivity contribution in [2.75, 3.05) is 32.8 Å². The van der Waals surface area contributed by atoms with Gasteiger partial charge in [0.1, 0.15) is 18.5 Å². The summed E-state index contributed by atoms with van der Waals surface area (Å²) in [6.45, 7) is 5.87. The van der Waals surface area contributed by atoms with Gasteiger partial charge < -0.3 is 14.6 Å². The molecule has 0 aliphatic carbocycles. The zero-order valence-corrected chi connectivity index (χ0v) is 17.2. The number of benzene rings is 1. The van der Waals surface area contributed by atoms with Crippen LogP contribution < -0.4 is 4.74 Å². The minimum Gasteiger partial charge on any atom is -0.490 e. The molecule has 0 saturated carbocycles. The van der Waals surface area contributed by atoms with E-state index < -0.39 is 6.10 Å². The van der Waals surface area contributed by atoms with Gasteiger partial charge in [-0.05, 0) is 40.5 Å². The molecule has 1 aromatic heterocycles. The van der Waals surface area contributed by atoms with Crippen molar-refractivity contribution in [2.24, 2.45) is 0 Å². The van der Waals surface area contributed by atoms with Crippen molar-refractivity contribution in [1.29, 1.82) is 0 Å². The number of halogens is 2. The van der Waals surface area contributed by atoms with Gasteiger partial charge in [-0.15, -0.1) is 12.4 Å². The van der Waals surface area contributed by atoms with Crippen LogP contribution in [0.25, 0.3) is 0 Å². The molecule has 2 heterocycles. The van der Waals surface area contributed by atoms with E-state index in [1.165, 1.54) is 0 Å². The zero-order chi connectivity index (χ0) is 17.6. The number of aromatic nitrogens is 2. The summed E-state index contributed by atoms with van der Waals surface area (Å²) in [4.78, 5) is 2.22. The maximum Gasteiger partial charge on any atom is 0.133 e. The molecule has 1 aliphatic heterocycles. The second-order valence-corrected chi connectivity index (χ2v) is 7.24. The Labute approximate surface area is 168 Å². The Kier molecular flexibility index (Phi) is 8.37. The highest BCUT2D eigenvalue weighted by Gasteiger charge is 2.23. The third kappa shape index (κ3) is 6.25. The van der Waals surface area contributed by atoms with E-state index in [1.807, 2.05) is 48.3 Å². The highest BCUT2D eigenvalue weighted by atomic mass is 79.9. The number of hydrogen-bond donors (Lipinski definition) is 1. The normalized spacial score (nSPS) is 19.0. The minimum absolute atomic E-state index is 0. The molecule has 1 N–H and O–H groups in total. The Balaban J connectivity index is 0.00000243. The summed E-state index contributed by atoms with van der Waals surface area (Å²) in [6, 6.07) is 7.65. The molecule has 1 fully saturated rings. The smallest absolute Gasteiger partial charge is 0.133 e. The lowest BCUT2D eigenvalue weighted by Crippen LogP contribution is -2.47. The predicted molar refractivity (Wildman–Crippen MR) is 106 cm³/mol. The molecule has 144 valence electrons. The molecule has 3 rings (SSSR count). The summed E-state index contributed by atoms with van der Waals surface area (Å²) in [6.07, 6.45) is 3.41. The Bertz CT molecular complexity index is 685. The molecule has 2 aromatic rings. The number of rotatable bonds is 7. The second kappa shape index (κ2) is 10.3. The first-order chi connectivity index (χ1) is 12.1. The van der Waals surface area contributed by atoms with E-state index in [0.29, 0.717) is 13.2 Å². The highest BCUT2D eigenvalue weighted by molar-refractivity contribution is 9.10. The number of aryl methyl sites for hydroxylation is 1. The van der Waals surface area contributed by atoms with Crippen molar-refractivity contribution in [3.63, 3.8) is 0 Å². The van der Waals surface area contributed by atoms with E-state index in [2.05, 4.69) is 25.9 Å². The summed E-state index contributed by atoms with van der Waals surface area (Å²) in [5.74, 6) is 0.746. The fraction of sp³-hybridized carbons (Fsp3) is 0.500. The standard InChI is InChI=1S/C18H24BrN3O3.ClH/c1-14-8-20-22(9-14)12-16-11-21(6-7-24-16)10-15(23)13-25-18-5-3-2-4-17(18)19;/h2-5,8-9,15-16,23H,6-7,10-13H2,1H3;1H. The number of morpholine rings is 1. The van der Waals surface area contributed by atoms with Crippen molar-refractivity contribution in [3.05, 3.63) is 46.7 Å². The fourth-order valence-electron chi connectivity index (χ4n) is 2.93. The molecule has 8 heteroatoms. The number of ether oxygens (including phenoxy) is 2. The number of para-hydroxylation sites is 1. The number of β-amino-alcohol motifs (C(OH)–C–C–N with tert-alkyl or cyclic N) is 1. The van der Waals surface area contributed by atoms with E-state index in [9.17, 15) is 5.11 Å². The molecule has 26 heavy (non-hydrogen) atoms. The maximum atomic E-state index is 10.3.